The number of aromatic nitrogens is 1. The van der Waals surface area contributed by atoms with Gasteiger partial charge in [-0.2, -0.15) is 0 Å². The second-order valence-corrected chi connectivity index (χ2v) is 9.98. The van der Waals surface area contributed by atoms with Gasteiger partial charge in [-0.1, -0.05) is 18.2 Å². The van der Waals surface area contributed by atoms with Crippen molar-refractivity contribution in [1.82, 2.24) is 15.2 Å². The predicted molar refractivity (Wildman–Crippen MR) is 157 cm³/mol. The SMILES string of the molecule is CCOc1ccc(-c2ccc([C@@H]3[C@H](c4ccccn4)NC(=S)N3CCC(=O)Nc3cc(C)ccc3C)o2)cc1. The van der Waals surface area contributed by atoms with E-state index in [0.717, 1.165) is 45.3 Å². The van der Waals surface area contributed by atoms with E-state index in [1.165, 1.54) is 0 Å². The number of carbonyl (C=O) groups excluding carboxylic acids is 1. The number of rotatable bonds is 9. The molecule has 0 bridgehead atoms. The Morgan fingerprint density at radius 3 is 2.67 bits per heavy atom. The molecule has 0 radical (unpaired) electrons. The predicted octanol–water partition coefficient (Wildman–Crippen LogP) is 6.36. The Bertz CT molecular complexity index is 1450. The topological polar surface area (TPSA) is 79.6 Å². The first-order valence-corrected chi connectivity index (χ1v) is 13.5. The lowest BCUT2D eigenvalue weighted by Gasteiger charge is -2.26. The molecule has 0 aliphatic carbocycles. The number of anilines is 1. The fourth-order valence-electron chi connectivity index (χ4n) is 4.81. The molecule has 2 atom stereocenters. The Balaban J connectivity index is 1.38. The molecular formula is C31H32N4O3S. The van der Waals surface area contributed by atoms with Crippen molar-refractivity contribution in [2.75, 3.05) is 18.5 Å². The molecule has 5 rings (SSSR count). The molecular weight excluding hydrogens is 508 g/mol. The summed E-state index contributed by atoms with van der Waals surface area (Å²) in [5, 5.41) is 7.03. The van der Waals surface area contributed by atoms with Crippen molar-refractivity contribution in [2.45, 2.75) is 39.3 Å². The average molecular weight is 541 g/mol. The third kappa shape index (κ3) is 5.96. The van der Waals surface area contributed by atoms with Gasteiger partial charge in [0.2, 0.25) is 5.91 Å². The Labute approximate surface area is 234 Å². The van der Waals surface area contributed by atoms with Crippen molar-refractivity contribution >= 4 is 28.9 Å². The van der Waals surface area contributed by atoms with Gasteiger partial charge in [0.15, 0.2) is 5.11 Å². The van der Waals surface area contributed by atoms with Gasteiger partial charge in [-0.15, -0.1) is 0 Å². The van der Waals surface area contributed by atoms with E-state index in [-0.39, 0.29) is 24.4 Å². The maximum Gasteiger partial charge on any atom is 0.226 e. The Morgan fingerprint density at radius 2 is 1.92 bits per heavy atom. The second-order valence-electron chi connectivity index (χ2n) is 9.60. The summed E-state index contributed by atoms with van der Waals surface area (Å²) in [6, 6.07) is 23.1. The van der Waals surface area contributed by atoms with E-state index in [4.69, 9.17) is 21.4 Å². The molecule has 1 fully saturated rings. The van der Waals surface area contributed by atoms with Crippen LogP contribution in [0.3, 0.4) is 0 Å². The van der Waals surface area contributed by atoms with Gasteiger partial charge in [0, 0.05) is 30.4 Å². The van der Waals surface area contributed by atoms with Crippen LogP contribution >= 0.6 is 12.2 Å². The summed E-state index contributed by atoms with van der Waals surface area (Å²) in [5.74, 6) is 2.25. The van der Waals surface area contributed by atoms with Crippen LogP contribution in [-0.4, -0.2) is 34.1 Å². The standard InChI is InChI=1S/C31H32N4O3S/c1-4-37-23-12-10-22(11-13-23)26-14-15-27(38-26)30-29(24-7-5-6-17-32-24)34-31(39)35(30)18-16-28(36)33-25-19-20(2)8-9-21(25)3/h5-15,17,19,29-30H,4,16,18H2,1-3H3,(H,33,36)(H,34,39)/t29-,30+/m0/s1. The number of benzene rings is 2. The first kappa shape index (κ1) is 26.4. The highest BCUT2D eigenvalue weighted by Crippen LogP contribution is 2.40. The molecule has 1 saturated heterocycles. The molecule has 1 amide bonds. The molecule has 2 aromatic carbocycles. The fourth-order valence-corrected chi connectivity index (χ4v) is 5.14. The highest BCUT2D eigenvalue weighted by molar-refractivity contribution is 7.80. The van der Waals surface area contributed by atoms with Gasteiger partial charge in [0.05, 0.1) is 18.3 Å². The van der Waals surface area contributed by atoms with Crippen LogP contribution in [0.15, 0.2) is 83.4 Å². The number of amides is 1. The number of pyridine rings is 1. The summed E-state index contributed by atoms with van der Waals surface area (Å²) in [5.41, 5.74) is 4.76. The minimum absolute atomic E-state index is 0.0685. The van der Waals surface area contributed by atoms with Crippen molar-refractivity contribution in [3.05, 3.63) is 102 Å². The maximum absolute atomic E-state index is 12.9. The lowest BCUT2D eigenvalue weighted by molar-refractivity contribution is -0.116. The minimum Gasteiger partial charge on any atom is -0.494 e. The van der Waals surface area contributed by atoms with E-state index >= 15 is 0 Å². The van der Waals surface area contributed by atoms with E-state index in [0.29, 0.717) is 18.3 Å². The quantitative estimate of drug-likeness (QED) is 0.239. The Kier molecular flexibility index (Phi) is 7.93. The lowest BCUT2D eigenvalue weighted by Crippen LogP contribution is -2.32. The fraction of sp³-hybridized carbons (Fsp3) is 0.258. The highest BCUT2D eigenvalue weighted by Gasteiger charge is 2.41. The zero-order valence-corrected chi connectivity index (χ0v) is 23.1. The molecule has 200 valence electrons. The lowest BCUT2D eigenvalue weighted by atomic mass is 10.0. The van der Waals surface area contributed by atoms with Crippen LogP contribution in [0, 0.1) is 13.8 Å². The summed E-state index contributed by atoms with van der Waals surface area (Å²) in [6.07, 6.45) is 2.04. The number of aryl methyl sites for hydroxylation is 2. The molecule has 39 heavy (non-hydrogen) atoms. The van der Waals surface area contributed by atoms with Gasteiger partial charge in [-0.05, 0) is 98.7 Å². The number of furan rings is 1. The number of hydrogen-bond donors (Lipinski definition) is 2. The Hall–Kier alpha value is -4.17. The summed E-state index contributed by atoms with van der Waals surface area (Å²) < 4.78 is 12.0. The summed E-state index contributed by atoms with van der Waals surface area (Å²) in [4.78, 5) is 19.6. The second kappa shape index (κ2) is 11.7. The highest BCUT2D eigenvalue weighted by atomic mass is 32.1. The van der Waals surface area contributed by atoms with Crippen LogP contribution in [-0.2, 0) is 4.79 Å². The van der Waals surface area contributed by atoms with Crippen molar-refractivity contribution < 1.29 is 13.9 Å². The molecule has 2 N–H and O–H groups in total. The maximum atomic E-state index is 12.9. The van der Waals surface area contributed by atoms with Crippen LogP contribution in [0.1, 0.15) is 48.0 Å². The van der Waals surface area contributed by atoms with E-state index in [9.17, 15) is 4.79 Å². The summed E-state index contributed by atoms with van der Waals surface area (Å²) >= 11 is 5.75. The molecule has 1 aliphatic rings. The number of carbonyl (C=O) groups is 1. The summed E-state index contributed by atoms with van der Waals surface area (Å²) in [7, 11) is 0. The van der Waals surface area contributed by atoms with Gasteiger partial charge < -0.3 is 24.7 Å². The van der Waals surface area contributed by atoms with Crippen LogP contribution in [0.2, 0.25) is 0 Å². The van der Waals surface area contributed by atoms with Crippen molar-refractivity contribution in [3.63, 3.8) is 0 Å². The van der Waals surface area contributed by atoms with Gasteiger partial charge in [0.1, 0.15) is 23.3 Å². The molecule has 8 heteroatoms. The number of hydrogen-bond acceptors (Lipinski definition) is 5. The van der Waals surface area contributed by atoms with Crippen molar-refractivity contribution in [2.24, 2.45) is 0 Å². The van der Waals surface area contributed by atoms with Gasteiger partial charge in [-0.25, -0.2) is 0 Å². The molecule has 2 aromatic heterocycles. The number of thiocarbonyl (C=S) groups is 1. The molecule has 7 nitrogen and oxygen atoms in total. The number of nitrogens with one attached hydrogen (secondary N) is 2. The largest absolute Gasteiger partial charge is 0.494 e. The van der Waals surface area contributed by atoms with Crippen LogP contribution in [0.4, 0.5) is 5.69 Å². The van der Waals surface area contributed by atoms with Crippen LogP contribution in [0.5, 0.6) is 5.75 Å². The third-order valence-electron chi connectivity index (χ3n) is 6.81. The smallest absolute Gasteiger partial charge is 0.226 e. The zero-order chi connectivity index (χ0) is 27.4. The molecule has 1 aliphatic heterocycles. The van der Waals surface area contributed by atoms with Gasteiger partial charge >= 0.3 is 0 Å². The molecule has 0 unspecified atom stereocenters. The minimum atomic E-state index is -0.266. The van der Waals surface area contributed by atoms with E-state index < -0.39 is 0 Å². The summed E-state index contributed by atoms with van der Waals surface area (Å²) in [6.45, 7) is 7.00. The molecule has 3 heterocycles. The van der Waals surface area contributed by atoms with E-state index in [1.54, 1.807) is 6.20 Å². The zero-order valence-electron chi connectivity index (χ0n) is 22.3. The number of ether oxygens (including phenoxy) is 1. The van der Waals surface area contributed by atoms with E-state index in [1.807, 2.05) is 98.5 Å². The van der Waals surface area contributed by atoms with Gasteiger partial charge in [0.25, 0.3) is 0 Å². The monoisotopic (exact) mass is 540 g/mol. The first-order valence-electron chi connectivity index (χ1n) is 13.1. The third-order valence-corrected chi connectivity index (χ3v) is 7.17. The average Bonchev–Trinajstić information content (AvgIpc) is 3.55. The van der Waals surface area contributed by atoms with Crippen molar-refractivity contribution in [3.8, 4) is 17.1 Å². The van der Waals surface area contributed by atoms with E-state index in [2.05, 4.69) is 15.6 Å². The molecule has 0 spiro atoms. The van der Waals surface area contributed by atoms with Crippen LogP contribution in [0.25, 0.3) is 11.3 Å². The van der Waals surface area contributed by atoms with Crippen molar-refractivity contribution in [1.29, 1.82) is 0 Å². The normalized spacial score (nSPS) is 16.7. The first-order chi connectivity index (χ1) is 18.9. The number of nitrogens with zero attached hydrogens (tertiary/aromatic N) is 2. The van der Waals surface area contributed by atoms with Gasteiger partial charge in [-0.3, -0.25) is 9.78 Å². The van der Waals surface area contributed by atoms with Crippen LogP contribution < -0.4 is 15.4 Å². The Morgan fingerprint density at radius 1 is 1.10 bits per heavy atom. The molecule has 0 saturated carbocycles. The molecule has 4 aromatic rings.